The smallest absolute Gasteiger partial charge is 0.201 e. The molecule has 2 aromatic rings. The molecule has 1 aromatic heterocycles. The summed E-state index contributed by atoms with van der Waals surface area (Å²) in [5, 5.41) is 0. The van der Waals surface area contributed by atoms with Crippen molar-refractivity contribution in [3.8, 4) is 11.3 Å². The van der Waals surface area contributed by atoms with E-state index in [2.05, 4.69) is 68.9 Å². The van der Waals surface area contributed by atoms with E-state index in [0.717, 1.165) is 0 Å². The molecule has 1 nitrogen and oxygen atoms in total. The second kappa shape index (κ2) is 4.09. The topological polar surface area (TPSA) is 3.88 Å². The minimum atomic E-state index is 1.28. The molecule has 0 saturated heterocycles. The van der Waals surface area contributed by atoms with E-state index in [4.69, 9.17) is 0 Å². The summed E-state index contributed by atoms with van der Waals surface area (Å²) in [5.74, 6) is 0. The summed E-state index contributed by atoms with van der Waals surface area (Å²) in [6.07, 6.45) is 2.12. The first kappa shape index (κ1) is 10.9. The predicted molar refractivity (Wildman–Crippen MR) is 67.3 cm³/mol. The molecule has 0 atom stereocenters. The van der Waals surface area contributed by atoms with E-state index in [1.54, 1.807) is 0 Å². The van der Waals surface area contributed by atoms with Gasteiger partial charge in [0, 0.05) is 17.7 Å². The van der Waals surface area contributed by atoms with Crippen molar-refractivity contribution in [3.05, 3.63) is 53.2 Å². The Hall–Kier alpha value is -1.63. The SMILES string of the molecule is Cc1ccc(C)c(-c2cc(C)cc[n+]2C)c1. The lowest BCUT2D eigenvalue weighted by Gasteiger charge is -2.06. The molecule has 0 aliphatic heterocycles. The summed E-state index contributed by atoms with van der Waals surface area (Å²) in [5.41, 5.74) is 6.54. The number of rotatable bonds is 1. The van der Waals surface area contributed by atoms with Crippen LogP contribution in [0.2, 0.25) is 0 Å². The second-order valence-corrected chi connectivity index (χ2v) is 4.52. The number of hydrogen-bond donors (Lipinski definition) is 0. The van der Waals surface area contributed by atoms with Crippen molar-refractivity contribution in [2.24, 2.45) is 7.05 Å². The third kappa shape index (κ3) is 1.99. The Kier molecular flexibility index (Phi) is 2.78. The van der Waals surface area contributed by atoms with Crippen LogP contribution in [0.25, 0.3) is 11.3 Å². The highest BCUT2D eigenvalue weighted by Gasteiger charge is 2.12. The Balaban J connectivity index is 2.66. The molecule has 1 heteroatoms. The minimum absolute atomic E-state index is 1.28. The molecular weight excluding hydrogens is 194 g/mol. The number of pyridine rings is 1. The van der Waals surface area contributed by atoms with Crippen LogP contribution in [-0.4, -0.2) is 0 Å². The molecule has 0 aliphatic carbocycles. The van der Waals surface area contributed by atoms with Gasteiger partial charge in [-0.3, -0.25) is 0 Å². The van der Waals surface area contributed by atoms with E-state index in [-0.39, 0.29) is 0 Å². The van der Waals surface area contributed by atoms with Crippen LogP contribution >= 0.6 is 0 Å². The van der Waals surface area contributed by atoms with Crippen molar-refractivity contribution >= 4 is 0 Å². The monoisotopic (exact) mass is 212 g/mol. The maximum Gasteiger partial charge on any atom is 0.212 e. The number of nitrogens with zero attached hydrogens (tertiary/aromatic N) is 1. The Bertz CT molecular complexity index is 477. The van der Waals surface area contributed by atoms with E-state index >= 15 is 0 Å². The van der Waals surface area contributed by atoms with Gasteiger partial charge in [0.1, 0.15) is 7.05 Å². The summed E-state index contributed by atoms with van der Waals surface area (Å²) < 4.78 is 2.18. The van der Waals surface area contributed by atoms with Gasteiger partial charge in [0.15, 0.2) is 6.20 Å². The molecule has 82 valence electrons. The molecule has 0 amide bonds. The highest BCUT2D eigenvalue weighted by molar-refractivity contribution is 5.62. The lowest BCUT2D eigenvalue weighted by atomic mass is 10.0. The fourth-order valence-corrected chi connectivity index (χ4v) is 1.95. The zero-order chi connectivity index (χ0) is 11.7. The van der Waals surface area contributed by atoms with Crippen LogP contribution in [0, 0.1) is 20.8 Å². The van der Waals surface area contributed by atoms with Gasteiger partial charge >= 0.3 is 0 Å². The molecule has 0 bridgehead atoms. The molecule has 0 unspecified atom stereocenters. The lowest BCUT2D eigenvalue weighted by Crippen LogP contribution is -2.30. The molecule has 0 aliphatic rings. The zero-order valence-corrected chi connectivity index (χ0v) is 10.4. The molecule has 0 N–H and O–H groups in total. The second-order valence-electron chi connectivity index (χ2n) is 4.52. The maximum atomic E-state index is 2.25. The Labute approximate surface area is 97.4 Å². The van der Waals surface area contributed by atoms with E-state index < -0.39 is 0 Å². The molecule has 0 radical (unpaired) electrons. The summed E-state index contributed by atoms with van der Waals surface area (Å²) in [6, 6.07) is 11.0. The van der Waals surface area contributed by atoms with Crippen molar-refractivity contribution in [1.29, 1.82) is 0 Å². The standard InChI is InChI=1S/C15H18N/c1-11-5-6-13(3)14(9-11)15-10-12(2)7-8-16(15)4/h5-10H,1-4H3/q+1. The van der Waals surface area contributed by atoms with Gasteiger partial charge in [-0.25, -0.2) is 4.57 Å². The molecule has 1 aromatic carbocycles. The average molecular weight is 212 g/mol. The van der Waals surface area contributed by atoms with Crippen LogP contribution < -0.4 is 4.57 Å². The Morgan fingerprint density at radius 1 is 0.875 bits per heavy atom. The third-order valence-electron chi connectivity index (χ3n) is 2.97. The van der Waals surface area contributed by atoms with Gasteiger partial charge in [0.2, 0.25) is 5.69 Å². The molecule has 0 spiro atoms. The van der Waals surface area contributed by atoms with Crippen LogP contribution in [0.1, 0.15) is 16.7 Å². The van der Waals surface area contributed by atoms with Crippen molar-refractivity contribution < 1.29 is 4.57 Å². The van der Waals surface area contributed by atoms with E-state index in [0.29, 0.717) is 0 Å². The molecule has 1 heterocycles. The van der Waals surface area contributed by atoms with Gasteiger partial charge < -0.3 is 0 Å². The predicted octanol–water partition coefficient (Wildman–Crippen LogP) is 3.10. The van der Waals surface area contributed by atoms with Crippen molar-refractivity contribution in [1.82, 2.24) is 0 Å². The highest BCUT2D eigenvalue weighted by Crippen LogP contribution is 2.21. The average Bonchev–Trinajstić information content (AvgIpc) is 2.25. The fourth-order valence-electron chi connectivity index (χ4n) is 1.95. The van der Waals surface area contributed by atoms with Gasteiger partial charge in [0.25, 0.3) is 0 Å². The van der Waals surface area contributed by atoms with E-state index in [1.165, 1.54) is 27.9 Å². The van der Waals surface area contributed by atoms with Crippen molar-refractivity contribution in [3.63, 3.8) is 0 Å². The van der Waals surface area contributed by atoms with E-state index in [1.807, 2.05) is 0 Å². The minimum Gasteiger partial charge on any atom is -0.201 e. The summed E-state index contributed by atoms with van der Waals surface area (Å²) >= 11 is 0. The number of benzene rings is 1. The van der Waals surface area contributed by atoms with Crippen LogP contribution in [0.15, 0.2) is 36.5 Å². The van der Waals surface area contributed by atoms with Gasteiger partial charge in [-0.2, -0.15) is 0 Å². The number of aromatic nitrogens is 1. The molecule has 16 heavy (non-hydrogen) atoms. The Morgan fingerprint density at radius 2 is 1.56 bits per heavy atom. The van der Waals surface area contributed by atoms with Gasteiger partial charge in [-0.05, 0) is 38.0 Å². The molecule has 0 fully saturated rings. The van der Waals surface area contributed by atoms with Crippen molar-refractivity contribution in [2.45, 2.75) is 20.8 Å². The first-order valence-corrected chi connectivity index (χ1v) is 5.62. The normalized spacial score (nSPS) is 10.5. The summed E-state index contributed by atoms with van der Waals surface area (Å²) in [7, 11) is 2.09. The summed E-state index contributed by atoms with van der Waals surface area (Å²) in [4.78, 5) is 0. The lowest BCUT2D eigenvalue weighted by molar-refractivity contribution is -0.660. The van der Waals surface area contributed by atoms with E-state index in [9.17, 15) is 0 Å². The van der Waals surface area contributed by atoms with Gasteiger partial charge in [-0.15, -0.1) is 0 Å². The van der Waals surface area contributed by atoms with Crippen LogP contribution in [0.4, 0.5) is 0 Å². The van der Waals surface area contributed by atoms with Gasteiger partial charge in [-0.1, -0.05) is 17.7 Å². The third-order valence-corrected chi connectivity index (χ3v) is 2.97. The molecule has 0 saturated carbocycles. The van der Waals surface area contributed by atoms with Crippen LogP contribution in [0.5, 0.6) is 0 Å². The zero-order valence-electron chi connectivity index (χ0n) is 10.4. The summed E-state index contributed by atoms with van der Waals surface area (Å²) in [6.45, 7) is 6.43. The van der Waals surface area contributed by atoms with Crippen molar-refractivity contribution in [2.75, 3.05) is 0 Å². The maximum absolute atomic E-state index is 2.25. The fraction of sp³-hybridized carbons (Fsp3) is 0.267. The first-order chi connectivity index (χ1) is 7.58. The van der Waals surface area contributed by atoms with Crippen LogP contribution in [0.3, 0.4) is 0 Å². The van der Waals surface area contributed by atoms with Gasteiger partial charge in [0.05, 0.1) is 0 Å². The molecule has 2 rings (SSSR count). The largest absolute Gasteiger partial charge is 0.212 e. The number of hydrogen-bond acceptors (Lipinski definition) is 0. The molecular formula is C15H18N+. The highest BCUT2D eigenvalue weighted by atomic mass is 14.9. The van der Waals surface area contributed by atoms with Crippen LogP contribution in [-0.2, 0) is 7.05 Å². The quantitative estimate of drug-likeness (QED) is 0.639. The first-order valence-electron chi connectivity index (χ1n) is 5.62. The number of aryl methyl sites for hydroxylation is 4. The Morgan fingerprint density at radius 3 is 2.31 bits per heavy atom.